The standard InChI is InChI=1S/C19H25N3O/c1-2-19-20-12-17(13-21-19)14-22(18-9-11-23-15-18)10-8-16-6-4-3-5-7-16/h3-7,12-13,18H,2,8-11,14-15H2,1H3. The van der Waals surface area contributed by atoms with Gasteiger partial charge in [-0.1, -0.05) is 37.3 Å². The molecule has 2 heterocycles. The zero-order chi connectivity index (χ0) is 15.9. The second kappa shape index (κ2) is 8.18. The molecule has 1 fully saturated rings. The predicted molar refractivity (Wildman–Crippen MR) is 91.2 cm³/mol. The minimum atomic E-state index is 0.504. The summed E-state index contributed by atoms with van der Waals surface area (Å²) < 4.78 is 5.59. The van der Waals surface area contributed by atoms with Gasteiger partial charge < -0.3 is 4.74 Å². The number of aryl methyl sites for hydroxylation is 1. The van der Waals surface area contributed by atoms with Crippen LogP contribution in [0.25, 0.3) is 0 Å². The number of nitrogens with zero attached hydrogens (tertiary/aromatic N) is 3. The van der Waals surface area contributed by atoms with E-state index >= 15 is 0 Å². The van der Waals surface area contributed by atoms with Crippen LogP contribution in [-0.2, 0) is 24.1 Å². The fourth-order valence-electron chi connectivity index (χ4n) is 3.00. The summed E-state index contributed by atoms with van der Waals surface area (Å²) in [7, 11) is 0. The van der Waals surface area contributed by atoms with Crippen molar-refractivity contribution in [1.29, 1.82) is 0 Å². The molecule has 1 unspecified atom stereocenters. The number of hydrogen-bond acceptors (Lipinski definition) is 4. The molecule has 0 saturated carbocycles. The van der Waals surface area contributed by atoms with E-state index in [0.717, 1.165) is 51.4 Å². The van der Waals surface area contributed by atoms with Crippen LogP contribution in [0.2, 0.25) is 0 Å². The lowest BCUT2D eigenvalue weighted by molar-refractivity contribution is 0.139. The van der Waals surface area contributed by atoms with Gasteiger partial charge in [0.15, 0.2) is 0 Å². The van der Waals surface area contributed by atoms with Crippen molar-refractivity contribution in [2.75, 3.05) is 19.8 Å². The minimum absolute atomic E-state index is 0.504. The number of hydrogen-bond donors (Lipinski definition) is 0. The molecule has 1 atom stereocenters. The van der Waals surface area contributed by atoms with Crippen molar-refractivity contribution in [3.8, 4) is 0 Å². The van der Waals surface area contributed by atoms with Crippen LogP contribution in [0.5, 0.6) is 0 Å². The molecule has 1 aliphatic heterocycles. The van der Waals surface area contributed by atoms with Gasteiger partial charge in [-0.15, -0.1) is 0 Å². The lowest BCUT2D eigenvalue weighted by atomic mass is 10.1. The van der Waals surface area contributed by atoms with Gasteiger partial charge in [-0.25, -0.2) is 9.97 Å². The highest BCUT2D eigenvalue weighted by molar-refractivity contribution is 5.15. The van der Waals surface area contributed by atoms with Gasteiger partial charge >= 0.3 is 0 Å². The highest BCUT2D eigenvalue weighted by atomic mass is 16.5. The molecule has 122 valence electrons. The summed E-state index contributed by atoms with van der Waals surface area (Å²) in [6, 6.07) is 11.2. The average molecular weight is 311 g/mol. The van der Waals surface area contributed by atoms with Gasteiger partial charge in [0, 0.05) is 50.1 Å². The molecule has 3 rings (SSSR count). The van der Waals surface area contributed by atoms with Crippen molar-refractivity contribution in [2.24, 2.45) is 0 Å². The molecule has 0 radical (unpaired) electrons. The molecule has 2 aromatic rings. The summed E-state index contributed by atoms with van der Waals surface area (Å²) in [5.74, 6) is 0.911. The van der Waals surface area contributed by atoms with E-state index in [1.807, 2.05) is 12.4 Å². The third-order valence-corrected chi connectivity index (χ3v) is 4.41. The topological polar surface area (TPSA) is 38.2 Å². The molecule has 4 heteroatoms. The third-order valence-electron chi connectivity index (χ3n) is 4.41. The first-order chi connectivity index (χ1) is 11.3. The van der Waals surface area contributed by atoms with Gasteiger partial charge in [0.25, 0.3) is 0 Å². The molecule has 0 N–H and O–H groups in total. The molecular formula is C19H25N3O. The summed E-state index contributed by atoms with van der Waals surface area (Å²) in [5, 5.41) is 0. The van der Waals surface area contributed by atoms with Crippen molar-refractivity contribution in [2.45, 2.75) is 38.8 Å². The first-order valence-corrected chi connectivity index (χ1v) is 8.50. The summed E-state index contributed by atoms with van der Waals surface area (Å²) in [5.41, 5.74) is 2.57. The number of benzene rings is 1. The Kier molecular flexibility index (Phi) is 5.72. The largest absolute Gasteiger partial charge is 0.380 e. The predicted octanol–water partition coefficient (Wildman–Crippen LogP) is 2.87. The van der Waals surface area contributed by atoms with Crippen molar-refractivity contribution in [3.05, 3.63) is 59.7 Å². The smallest absolute Gasteiger partial charge is 0.127 e. The number of ether oxygens (including phenoxy) is 1. The van der Waals surface area contributed by atoms with Crippen LogP contribution < -0.4 is 0 Å². The maximum absolute atomic E-state index is 5.59. The Balaban J connectivity index is 1.64. The summed E-state index contributed by atoms with van der Waals surface area (Å²) in [6.07, 6.45) is 7.00. The Morgan fingerprint density at radius 1 is 1.13 bits per heavy atom. The number of aromatic nitrogens is 2. The van der Waals surface area contributed by atoms with E-state index in [-0.39, 0.29) is 0 Å². The van der Waals surface area contributed by atoms with E-state index in [4.69, 9.17) is 4.74 Å². The van der Waals surface area contributed by atoms with Crippen molar-refractivity contribution in [1.82, 2.24) is 14.9 Å². The number of rotatable bonds is 7. The maximum Gasteiger partial charge on any atom is 0.127 e. The van der Waals surface area contributed by atoms with Crippen LogP contribution in [0.1, 0.15) is 30.3 Å². The maximum atomic E-state index is 5.59. The molecule has 1 aliphatic rings. The van der Waals surface area contributed by atoms with Crippen molar-refractivity contribution in [3.63, 3.8) is 0 Å². The van der Waals surface area contributed by atoms with Crippen LogP contribution in [-0.4, -0.2) is 40.7 Å². The SMILES string of the molecule is CCc1ncc(CN(CCc2ccccc2)C2CCOC2)cn1. The molecular weight excluding hydrogens is 286 g/mol. The first kappa shape index (κ1) is 16.1. The molecule has 0 bridgehead atoms. The lowest BCUT2D eigenvalue weighted by Crippen LogP contribution is -2.36. The highest BCUT2D eigenvalue weighted by Crippen LogP contribution is 2.16. The van der Waals surface area contributed by atoms with Gasteiger partial charge in [0.2, 0.25) is 0 Å². The third kappa shape index (κ3) is 4.60. The summed E-state index contributed by atoms with van der Waals surface area (Å²) >= 11 is 0. The molecule has 1 saturated heterocycles. The lowest BCUT2D eigenvalue weighted by Gasteiger charge is -2.27. The van der Waals surface area contributed by atoms with Gasteiger partial charge in [-0.3, -0.25) is 4.90 Å². The summed E-state index contributed by atoms with van der Waals surface area (Å²) in [4.78, 5) is 11.4. The second-order valence-corrected chi connectivity index (χ2v) is 6.08. The average Bonchev–Trinajstić information content (AvgIpc) is 3.14. The zero-order valence-corrected chi connectivity index (χ0v) is 13.8. The van der Waals surface area contributed by atoms with Crippen LogP contribution >= 0.6 is 0 Å². The molecule has 4 nitrogen and oxygen atoms in total. The minimum Gasteiger partial charge on any atom is -0.380 e. The van der Waals surface area contributed by atoms with Crippen LogP contribution in [0.3, 0.4) is 0 Å². The molecule has 1 aromatic heterocycles. The van der Waals surface area contributed by atoms with Crippen LogP contribution in [0.4, 0.5) is 0 Å². The fraction of sp³-hybridized carbons (Fsp3) is 0.474. The van der Waals surface area contributed by atoms with E-state index in [9.17, 15) is 0 Å². The Morgan fingerprint density at radius 2 is 1.91 bits per heavy atom. The molecule has 0 spiro atoms. The zero-order valence-electron chi connectivity index (χ0n) is 13.8. The molecule has 0 aliphatic carbocycles. The summed E-state index contributed by atoms with van der Waals surface area (Å²) in [6.45, 7) is 5.72. The first-order valence-electron chi connectivity index (χ1n) is 8.50. The fourth-order valence-corrected chi connectivity index (χ4v) is 3.00. The van der Waals surface area contributed by atoms with E-state index in [2.05, 4.69) is 52.1 Å². The monoisotopic (exact) mass is 311 g/mol. The Labute approximate surface area is 138 Å². The second-order valence-electron chi connectivity index (χ2n) is 6.08. The van der Waals surface area contributed by atoms with E-state index in [1.54, 1.807) is 0 Å². The quantitative estimate of drug-likeness (QED) is 0.788. The van der Waals surface area contributed by atoms with Crippen molar-refractivity contribution >= 4 is 0 Å². The van der Waals surface area contributed by atoms with E-state index < -0.39 is 0 Å². The Morgan fingerprint density at radius 3 is 2.57 bits per heavy atom. The van der Waals surface area contributed by atoms with Gasteiger partial charge in [-0.2, -0.15) is 0 Å². The van der Waals surface area contributed by atoms with Crippen LogP contribution in [0.15, 0.2) is 42.7 Å². The van der Waals surface area contributed by atoms with Gasteiger partial charge in [0.1, 0.15) is 5.82 Å². The normalized spacial score (nSPS) is 17.7. The van der Waals surface area contributed by atoms with Crippen LogP contribution in [0, 0.1) is 0 Å². The molecule has 0 amide bonds. The van der Waals surface area contributed by atoms with Gasteiger partial charge in [-0.05, 0) is 18.4 Å². The van der Waals surface area contributed by atoms with Gasteiger partial charge in [0.05, 0.1) is 6.61 Å². The molecule has 23 heavy (non-hydrogen) atoms. The van der Waals surface area contributed by atoms with E-state index in [1.165, 1.54) is 11.1 Å². The molecule has 1 aromatic carbocycles. The highest BCUT2D eigenvalue weighted by Gasteiger charge is 2.23. The van der Waals surface area contributed by atoms with Crippen molar-refractivity contribution < 1.29 is 4.74 Å². The Hall–Kier alpha value is -1.78. The van der Waals surface area contributed by atoms with E-state index in [0.29, 0.717) is 6.04 Å². The Bertz CT molecular complexity index is 579.